The zero-order valence-corrected chi connectivity index (χ0v) is 7.23. The van der Waals surface area contributed by atoms with E-state index in [1.165, 1.54) is 0 Å². The van der Waals surface area contributed by atoms with E-state index in [9.17, 15) is 0 Å². The first-order valence-electron chi connectivity index (χ1n) is 3.27. The summed E-state index contributed by atoms with van der Waals surface area (Å²) in [6.07, 6.45) is 2.48. The fourth-order valence-electron chi connectivity index (χ4n) is 0.588. The van der Waals surface area contributed by atoms with Crippen molar-refractivity contribution in [1.82, 2.24) is 4.90 Å². The molecule has 0 fully saturated rings. The molecule has 0 aromatic carbocycles. The molecule has 3 heteroatoms. The van der Waals surface area contributed by atoms with Gasteiger partial charge in [-0.1, -0.05) is 17.7 Å². The van der Waals surface area contributed by atoms with Crippen LogP contribution in [0.25, 0.3) is 0 Å². The number of likely N-dealkylation sites (N-methyl/N-ethyl adjacent to an activating group) is 1. The zero-order chi connectivity index (χ0) is 7.98. The van der Waals surface area contributed by atoms with E-state index in [1.807, 2.05) is 25.1 Å². The van der Waals surface area contributed by atoms with Crippen molar-refractivity contribution in [3.05, 3.63) is 11.1 Å². The van der Waals surface area contributed by atoms with E-state index in [2.05, 4.69) is 0 Å². The van der Waals surface area contributed by atoms with Crippen molar-refractivity contribution in [2.24, 2.45) is 0 Å². The summed E-state index contributed by atoms with van der Waals surface area (Å²) >= 11 is 5.76. The van der Waals surface area contributed by atoms with E-state index in [0.717, 1.165) is 11.6 Å². The van der Waals surface area contributed by atoms with Crippen molar-refractivity contribution in [3.63, 3.8) is 0 Å². The molecule has 0 saturated heterocycles. The molecule has 0 bridgehead atoms. The lowest BCUT2D eigenvalue weighted by molar-refractivity contribution is 0.302. The quantitative estimate of drug-likeness (QED) is 0.670. The van der Waals surface area contributed by atoms with Crippen molar-refractivity contribution < 1.29 is 5.11 Å². The van der Waals surface area contributed by atoms with Gasteiger partial charge >= 0.3 is 0 Å². The fraction of sp³-hybridized carbons (Fsp3) is 0.714. The van der Waals surface area contributed by atoms with Gasteiger partial charge < -0.3 is 10.0 Å². The third-order valence-electron chi connectivity index (χ3n) is 0.962. The molecule has 0 radical (unpaired) electrons. The van der Waals surface area contributed by atoms with Crippen molar-refractivity contribution >= 4 is 11.6 Å². The van der Waals surface area contributed by atoms with Crippen molar-refractivity contribution in [2.75, 3.05) is 27.2 Å². The Balaban J connectivity index is 3.49. The summed E-state index contributed by atoms with van der Waals surface area (Å²) in [6, 6.07) is 0. The summed E-state index contributed by atoms with van der Waals surface area (Å²) in [5.41, 5.74) is 0. The smallest absolute Gasteiger partial charge is 0.0466 e. The van der Waals surface area contributed by atoms with Gasteiger partial charge in [0.1, 0.15) is 0 Å². The summed E-state index contributed by atoms with van der Waals surface area (Å²) in [6.45, 7) is 0.922. The average molecular weight is 164 g/mol. The largest absolute Gasteiger partial charge is 0.396 e. The molecule has 0 aliphatic carbocycles. The topological polar surface area (TPSA) is 23.5 Å². The predicted molar refractivity (Wildman–Crippen MR) is 44.2 cm³/mol. The van der Waals surface area contributed by atoms with Crippen LogP contribution in [0.4, 0.5) is 0 Å². The molecule has 0 amide bonds. The second kappa shape index (κ2) is 5.71. The summed E-state index contributed by atoms with van der Waals surface area (Å²) in [5.74, 6) is 0. The van der Waals surface area contributed by atoms with Crippen molar-refractivity contribution in [2.45, 2.75) is 6.42 Å². The standard InChI is InChI=1S/C7H14ClNO/c1-9(2)6-7(8)4-3-5-10/h4,10H,3,5-6H2,1-2H3. The number of rotatable bonds is 4. The van der Waals surface area contributed by atoms with Crippen LogP contribution in [0.5, 0.6) is 0 Å². The lowest BCUT2D eigenvalue weighted by atomic mass is 10.4. The van der Waals surface area contributed by atoms with Gasteiger partial charge in [-0.15, -0.1) is 0 Å². The molecule has 0 aromatic heterocycles. The van der Waals surface area contributed by atoms with E-state index in [4.69, 9.17) is 16.7 Å². The first-order chi connectivity index (χ1) is 4.66. The van der Waals surface area contributed by atoms with Gasteiger partial charge in [-0.2, -0.15) is 0 Å². The molecule has 0 saturated carbocycles. The van der Waals surface area contributed by atoms with Gasteiger partial charge in [0.2, 0.25) is 0 Å². The lowest BCUT2D eigenvalue weighted by Gasteiger charge is -2.07. The number of hydrogen-bond acceptors (Lipinski definition) is 2. The monoisotopic (exact) mass is 163 g/mol. The minimum atomic E-state index is 0.170. The van der Waals surface area contributed by atoms with Crippen LogP contribution in [-0.4, -0.2) is 37.3 Å². The zero-order valence-electron chi connectivity index (χ0n) is 6.47. The molecule has 10 heavy (non-hydrogen) atoms. The maximum Gasteiger partial charge on any atom is 0.0466 e. The molecule has 0 heterocycles. The lowest BCUT2D eigenvalue weighted by Crippen LogP contribution is -2.12. The van der Waals surface area contributed by atoms with Gasteiger partial charge in [0.05, 0.1) is 0 Å². The molecule has 0 spiro atoms. The third kappa shape index (κ3) is 6.08. The molecule has 0 unspecified atom stereocenters. The summed E-state index contributed by atoms with van der Waals surface area (Å²) in [7, 11) is 3.91. The minimum absolute atomic E-state index is 0.170. The van der Waals surface area contributed by atoms with Gasteiger partial charge in [0.25, 0.3) is 0 Å². The second-order valence-electron chi connectivity index (χ2n) is 2.40. The third-order valence-corrected chi connectivity index (χ3v) is 1.24. The van der Waals surface area contributed by atoms with Gasteiger partial charge in [-0.25, -0.2) is 0 Å². The first kappa shape index (κ1) is 9.95. The molecule has 2 nitrogen and oxygen atoms in total. The average Bonchev–Trinajstić information content (AvgIpc) is 1.82. The Bertz CT molecular complexity index is 112. The molecule has 0 aliphatic rings. The molecule has 0 atom stereocenters. The van der Waals surface area contributed by atoms with Crippen LogP contribution in [0, 0.1) is 0 Å². The van der Waals surface area contributed by atoms with Gasteiger partial charge in [0, 0.05) is 18.2 Å². The van der Waals surface area contributed by atoms with Gasteiger partial charge in [-0.05, 0) is 20.5 Å². The van der Waals surface area contributed by atoms with Crippen LogP contribution in [0.15, 0.2) is 11.1 Å². The Labute approximate surface area is 67.1 Å². The molecule has 60 valence electrons. The molecule has 0 aromatic rings. The van der Waals surface area contributed by atoms with Crippen LogP contribution in [-0.2, 0) is 0 Å². The van der Waals surface area contributed by atoms with Crippen molar-refractivity contribution in [1.29, 1.82) is 0 Å². The number of nitrogens with zero attached hydrogens (tertiary/aromatic N) is 1. The van der Waals surface area contributed by atoms with Crippen LogP contribution in [0.3, 0.4) is 0 Å². The second-order valence-corrected chi connectivity index (χ2v) is 2.89. The Hall–Kier alpha value is -0.0500. The van der Waals surface area contributed by atoms with Crippen LogP contribution < -0.4 is 0 Å². The maximum atomic E-state index is 8.43. The maximum absolute atomic E-state index is 8.43. The summed E-state index contributed by atoms with van der Waals surface area (Å²) in [4.78, 5) is 1.98. The molecular formula is C7H14ClNO. The fourth-order valence-corrected chi connectivity index (χ4v) is 0.936. The Morgan fingerprint density at radius 3 is 2.60 bits per heavy atom. The van der Waals surface area contributed by atoms with E-state index in [-0.39, 0.29) is 6.61 Å². The Kier molecular flexibility index (Phi) is 5.69. The highest BCUT2D eigenvalue weighted by atomic mass is 35.5. The molecular weight excluding hydrogens is 150 g/mol. The Morgan fingerprint density at radius 2 is 2.20 bits per heavy atom. The van der Waals surface area contributed by atoms with E-state index < -0.39 is 0 Å². The summed E-state index contributed by atoms with van der Waals surface area (Å²) < 4.78 is 0. The normalized spacial score (nSPS) is 12.7. The highest BCUT2D eigenvalue weighted by Crippen LogP contribution is 2.02. The highest BCUT2D eigenvalue weighted by molar-refractivity contribution is 6.29. The number of aliphatic hydroxyl groups is 1. The van der Waals surface area contributed by atoms with Gasteiger partial charge in [0.15, 0.2) is 0 Å². The van der Waals surface area contributed by atoms with E-state index in [0.29, 0.717) is 6.42 Å². The van der Waals surface area contributed by atoms with Gasteiger partial charge in [-0.3, -0.25) is 0 Å². The SMILES string of the molecule is CN(C)CC(Cl)=CCCO. The summed E-state index contributed by atoms with van der Waals surface area (Å²) in [5, 5.41) is 9.22. The number of halogens is 1. The first-order valence-corrected chi connectivity index (χ1v) is 3.64. The molecule has 1 N–H and O–H groups in total. The van der Waals surface area contributed by atoms with Crippen LogP contribution in [0.1, 0.15) is 6.42 Å². The van der Waals surface area contributed by atoms with Crippen molar-refractivity contribution in [3.8, 4) is 0 Å². The predicted octanol–water partition coefficient (Wildman–Crippen LogP) is 1.05. The van der Waals surface area contributed by atoms with E-state index in [1.54, 1.807) is 0 Å². The van der Waals surface area contributed by atoms with E-state index >= 15 is 0 Å². The number of hydrogen-bond donors (Lipinski definition) is 1. The highest BCUT2D eigenvalue weighted by Gasteiger charge is 1.92. The molecule has 0 rings (SSSR count). The Morgan fingerprint density at radius 1 is 1.60 bits per heavy atom. The number of aliphatic hydroxyl groups excluding tert-OH is 1. The van der Waals surface area contributed by atoms with Crippen LogP contribution in [0.2, 0.25) is 0 Å². The molecule has 0 aliphatic heterocycles. The van der Waals surface area contributed by atoms with Crippen LogP contribution >= 0.6 is 11.6 Å². The minimum Gasteiger partial charge on any atom is -0.396 e.